The molecule has 0 saturated carbocycles. The monoisotopic (exact) mass is 262 g/mol. The summed E-state index contributed by atoms with van der Waals surface area (Å²) in [7, 11) is 0. The number of hydrogen-bond acceptors (Lipinski definition) is 4. The van der Waals surface area contributed by atoms with Crippen LogP contribution in [0.1, 0.15) is 11.5 Å². The summed E-state index contributed by atoms with van der Waals surface area (Å²) in [5.41, 5.74) is 0.408. The Hall–Kier alpha value is -2.14. The smallest absolute Gasteiger partial charge is 0.330 e. The molecule has 1 aromatic heterocycles. The SMILES string of the molecule is O=C(O)C(C(=O)Oc1ccsc1)c1ccccc1. The largest absolute Gasteiger partial charge is 0.480 e. The van der Waals surface area contributed by atoms with Crippen molar-refractivity contribution in [3.05, 3.63) is 52.7 Å². The van der Waals surface area contributed by atoms with Crippen LogP contribution in [0.25, 0.3) is 0 Å². The predicted molar refractivity (Wildman–Crippen MR) is 66.8 cm³/mol. The van der Waals surface area contributed by atoms with Crippen molar-refractivity contribution >= 4 is 23.3 Å². The molecule has 0 bridgehead atoms. The topological polar surface area (TPSA) is 63.6 Å². The molecule has 0 aliphatic heterocycles. The summed E-state index contributed by atoms with van der Waals surface area (Å²) in [5, 5.41) is 12.5. The van der Waals surface area contributed by atoms with Gasteiger partial charge in [-0.05, 0) is 17.0 Å². The number of carboxylic acids is 1. The van der Waals surface area contributed by atoms with Crippen molar-refractivity contribution in [2.45, 2.75) is 5.92 Å². The van der Waals surface area contributed by atoms with E-state index >= 15 is 0 Å². The van der Waals surface area contributed by atoms with Crippen LogP contribution in [-0.2, 0) is 9.59 Å². The number of esters is 1. The second kappa shape index (κ2) is 5.46. The minimum Gasteiger partial charge on any atom is -0.480 e. The van der Waals surface area contributed by atoms with Gasteiger partial charge in [-0.2, -0.15) is 0 Å². The lowest BCUT2D eigenvalue weighted by atomic mass is 10.00. The first-order valence-corrected chi connectivity index (χ1v) is 6.14. The number of carboxylic acid groups (broad SMARTS) is 1. The quantitative estimate of drug-likeness (QED) is 0.679. The molecular weight excluding hydrogens is 252 g/mol. The molecule has 1 unspecified atom stereocenters. The molecule has 2 aromatic rings. The second-order valence-electron chi connectivity index (χ2n) is 3.56. The van der Waals surface area contributed by atoms with Gasteiger partial charge in [-0.3, -0.25) is 9.59 Å². The van der Waals surface area contributed by atoms with E-state index in [1.165, 1.54) is 11.3 Å². The molecule has 18 heavy (non-hydrogen) atoms. The predicted octanol–water partition coefficient (Wildman–Crippen LogP) is 2.52. The van der Waals surface area contributed by atoms with Crippen LogP contribution in [0.15, 0.2) is 47.2 Å². The Labute approximate surface area is 107 Å². The van der Waals surface area contributed by atoms with Crippen molar-refractivity contribution < 1.29 is 19.4 Å². The normalized spacial score (nSPS) is 11.8. The van der Waals surface area contributed by atoms with E-state index < -0.39 is 17.9 Å². The summed E-state index contributed by atoms with van der Waals surface area (Å²) in [4.78, 5) is 23.0. The van der Waals surface area contributed by atoms with Crippen molar-refractivity contribution in [1.82, 2.24) is 0 Å². The van der Waals surface area contributed by atoms with E-state index in [9.17, 15) is 9.59 Å². The molecule has 2 rings (SSSR count). The molecule has 0 amide bonds. The number of carbonyl (C=O) groups excluding carboxylic acids is 1. The zero-order valence-corrected chi connectivity index (χ0v) is 10.1. The number of carbonyl (C=O) groups is 2. The molecule has 1 heterocycles. The standard InChI is InChI=1S/C13H10O4S/c14-12(15)11(9-4-2-1-3-5-9)13(16)17-10-6-7-18-8-10/h1-8,11H,(H,14,15). The third-order valence-corrected chi connectivity index (χ3v) is 2.99. The summed E-state index contributed by atoms with van der Waals surface area (Å²) in [6.45, 7) is 0. The van der Waals surface area contributed by atoms with Crippen LogP contribution in [0.3, 0.4) is 0 Å². The summed E-state index contributed by atoms with van der Waals surface area (Å²) < 4.78 is 5.02. The Morgan fingerprint density at radius 3 is 2.44 bits per heavy atom. The van der Waals surface area contributed by atoms with Crippen LogP contribution >= 0.6 is 11.3 Å². The van der Waals surface area contributed by atoms with Gasteiger partial charge in [-0.25, -0.2) is 0 Å². The number of thiophene rings is 1. The lowest BCUT2D eigenvalue weighted by molar-refractivity contribution is -0.148. The molecule has 1 aromatic carbocycles. The summed E-state index contributed by atoms with van der Waals surface area (Å²) in [6.07, 6.45) is 0. The fraction of sp³-hybridized carbons (Fsp3) is 0.0769. The Bertz CT molecular complexity index is 533. The van der Waals surface area contributed by atoms with Crippen LogP contribution in [0.5, 0.6) is 5.75 Å². The van der Waals surface area contributed by atoms with Crippen LogP contribution < -0.4 is 4.74 Å². The first-order chi connectivity index (χ1) is 8.68. The lowest BCUT2D eigenvalue weighted by Crippen LogP contribution is -2.25. The van der Waals surface area contributed by atoms with E-state index in [0.29, 0.717) is 11.3 Å². The van der Waals surface area contributed by atoms with Crippen molar-refractivity contribution in [3.63, 3.8) is 0 Å². The van der Waals surface area contributed by atoms with E-state index in [4.69, 9.17) is 9.84 Å². The van der Waals surface area contributed by atoms with Crippen molar-refractivity contribution in [3.8, 4) is 5.75 Å². The molecular formula is C13H10O4S. The van der Waals surface area contributed by atoms with Gasteiger partial charge in [0, 0.05) is 5.38 Å². The van der Waals surface area contributed by atoms with Crippen LogP contribution in [-0.4, -0.2) is 17.0 Å². The maximum Gasteiger partial charge on any atom is 0.330 e. The zero-order valence-electron chi connectivity index (χ0n) is 9.28. The summed E-state index contributed by atoms with van der Waals surface area (Å²) >= 11 is 1.37. The minimum absolute atomic E-state index is 0.368. The van der Waals surface area contributed by atoms with Gasteiger partial charge in [0.05, 0.1) is 0 Å². The van der Waals surface area contributed by atoms with E-state index in [-0.39, 0.29) is 0 Å². The highest BCUT2D eigenvalue weighted by atomic mass is 32.1. The molecule has 1 N–H and O–H groups in total. The molecule has 0 aliphatic rings. The van der Waals surface area contributed by atoms with Crippen LogP contribution in [0, 0.1) is 0 Å². The van der Waals surface area contributed by atoms with Gasteiger partial charge in [0.15, 0.2) is 5.92 Å². The van der Waals surface area contributed by atoms with Crippen molar-refractivity contribution in [2.75, 3.05) is 0 Å². The van der Waals surface area contributed by atoms with E-state index in [1.807, 2.05) is 0 Å². The number of benzene rings is 1. The van der Waals surface area contributed by atoms with Gasteiger partial charge in [-0.15, -0.1) is 11.3 Å². The molecule has 0 aliphatic carbocycles. The molecule has 0 saturated heterocycles. The molecule has 0 fully saturated rings. The Kier molecular flexibility index (Phi) is 3.74. The first kappa shape index (κ1) is 12.3. The number of rotatable bonds is 4. The average Bonchev–Trinajstić information content (AvgIpc) is 2.83. The minimum atomic E-state index is -1.30. The lowest BCUT2D eigenvalue weighted by Gasteiger charge is -2.11. The highest BCUT2D eigenvalue weighted by Gasteiger charge is 2.30. The highest BCUT2D eigenvalue weighted by molar-refractivity contribution is 7.08. The van der Waals surface area contributed by atoms with Gasteiger partial charge < -0.3 is 9.84 Å². The molecule has 5 heteroatoms. The third-order valence-electron chi connectivity index (χ3n) is 2.33. The van der Waals surface area contributed by atoms with Gasteiger partial charge >= 0.3 is 11.9 Å². The van der Waals surface area contributed by atoms with Gasteiger partial charge in [-0.1, -0.05) is 30.3 Å². The summed E-state index contributed by atoms with van der Waals surface area (Å²) in [5.74, 6) is -2.94. The molecule has 4 nitrogen and oxygen atoms in total. The van der Waals surface area contributed by atoms with Crippen LogP contribution in [0.2, 0.25) is 0 Å². The van der Waals surface area contributed by atoms with Gasteiger partial charge in [0.2, 0.25) is 0 Å². The zero-order chi connectivity index (χ0) is 13.0. The number of ether oxygens (including phenoxy) is 1. The maximum atomic E-state index is 11.9. The van der Waals surface area contributed by atoms with Crippen molar-refractivity contribution in [2.24, 2.45) is 0 Å². The number of hydrogen-bond donors (Lipinski definition) is 1. The van der Waals surface area contributed by atoms with Gasteiger partial charge in [0.25, 0.3) is 0 Å². The fourth-order valence-corrected chi connectivity index (χ4v) is 2.06. The molecule has 0 radical (unpaired) electrons. The molecule has 0 spiro atoms. The molecule has 1 atom stereocenters. The number of aliphatic carboxylic acids is 1. The second-order valence-corrected chi connectivity index (χ2v) is 4.34. The maximum absolute atomic E-state index is 11.9. The van der Waals surface area contributed by atoms with E-state index in [0.717, 1.165) is 0 Å². The fourth-order valence-electron chi connectivity index (χ4n) is 1.51. The average molecular weight is 262 g/mol. The summed E-state index contributed by atoms with van der Waals surface area (Å²) in [6, 6.07) is 9.92. The Balaban J connectivity index is 2.21. The Morgan fingerprint density at radius 1 is 1.17 bits per heavy atom. The van der Waals surface area contributed by atoms with E-state index in [1.54, 1.807) is 47.2 Å². The van der Waals surface area contributed by atoms with Crippen molar-refractivity contribution in [1.29, 1.82) is 0 Å². The molecule has 92 valence electrons. The van der Waals surface area contributed by atoms with E-state index in [2.05, 4.69) is 0 Å². The third kappa shape index (κ3) is 2.75. The van der Waals surface area contributed by atoms with Gasteiger partial charge in [0.1, 0.15) is 5.75 Å². The van der Waals surface area contributed by atoms with Crippen LogP contribution in [0.4, 0.5) is 0 Å². The highest BCUT2D eigenvalue weighted by Crippen LogP contribution is 2.21. The first-order valence-electron chi connectivity index (χ1n) is 5.20. The Morgan fingerprint density at radius 2 is 1.89 bits per heavy atom.